The van der Waals surface area contributed by atoms with Crippen molar-refractivity contribution in [1.82, 2.24) is 19.3 Å². The van der Waals surface area contributed by atoms with E-state index < -0.39 is 12.0 Å². The quantitative estimate of drug-likeness (QED) is 0.685. The van der Waals surface area contributed by atoms with Gasteiger partial charge in [-0.15, -0.1) is 0 Å². The van der Waals surface area contributed by atoms with E-state index >= 15 is 0 Å². The van der Waals surface area contributed by atoms with Crippen molar-refractivity contribution in [2.75, 3.05) is 7.11 Å². The summed E-state index contributed by atoms with van der Waals surface area (Å²) in [7, 11) is 1.30. The maximum atomic E-state index is 12.7. The van der Waals surface area contributed by atoms with E-state index in [0.717, 1.165) is 11.3 Å². The number of ether oxygens (including phenoxy) is 1. The lowest BCUT2D eigenvalue weighted by molar-refractivity contribution is -0.144. The molecular weight excluding hydrogens is 308 g/mol. The number of carbonyl (C=O) groups excluding carboxylic acids is 1. The van der Waals surface area contributed by atoms with Gasteiger partial charge in [-0.05, 0) is 25.5 Å². The molecule has 0 amide bonds. The molecule has 0 saturated carbocycles. The number of methoxy groups -OCH3 is 1. The van der Waals surface area contributed by atoms with E-state index in [9.17, 15) is 9.59 Å². The Labute approximate surface area is 138 Å². The minimum absolute atomic E-state index is 0.310. The number of rotatable bonds is 4. The molecule has 0 bridgehead atoms. The van der Waals surface area contributed by atoms with E-state index in [4.69, 9.17) is 4.74 Å². The number of hydrogen-bond donors (Lipinski definition) is 0. The Morgan fingerprint density at radius 2 is 2.00 bits per heavy atom. The van der Waals surface area contributed by atoms with Crippen LogP contribution in [0.15, 0.2) is 41.6 Å². The largest absolute Gasteiger partial charge is 0.467 e. The molecule has 0 radical (unpaired) electrons. The predicted octanol–water partition coefficient (Wildman–Crippen LogP) is 2.01. The van der Waals surface area contributed by atoms with Crippen LogP contribution in [0.1, 0.15) is 24.9 Å². The molecule has 0 fully saturated rings. The fourth-order valence-corrected chi connectivity index (χ4v) is 2.64. The standard InChI is InChI=1S/C17H18N4O3/c1-4-14(17(23)24-3)20-10-18-15-13(16(20)22)9-19-21(15)12-7-5-11(2)6-8-12/h5-10,14H,4H2,1-3H3/t14-/m0/s1. The molecule has 1 aromatic carbocycles. The number of benzene rings is 1. The van der Waals surface area contributed by atoms with Crippen LogP contribution < -0.4 is 5.56 Å². The molecule has 24 heavy (non-hydrogen) atoms. The zero-order valence-corrected chi connectivity index (χ0v) is 13.8. The lowest BCUT2D eigenvalue weighted by Gasteiger charge is -2.15. The van der Waals surface area contributed by atoms with Crippen LogP contribution in [0.3, 0.4) is 0 Å². The van der Waals surface area contributed by atoms with Gasteiger partial charge in [0.05, 0.1) is 19.0 Å². The molecule has 1 atom stereocenters. The first-order valence-corrected chi connectivity index (χ1v) is 7.66. The highest BCUT2D eigenvalue weighted by Gasteiger charge is 2.22. The second kappa shape index (κ2) is 6.27. The lowest BCUT2D eigenvalue weighted by atomic mass is 10.2. The van der Waals surface area contributed by atoms with E-state index in [1.807, 2.05) is 38.1 Å². The zero-order chi connectivity index (χ0) is 17.3. The molecule has 0 saturated heterocycles. The number of nitrogens with zero attached hydrogens (tertiary/aromatic N) is 4. The van der Waals surface area contributed by atoms with Crippen molar-refractivity contribution >= 4 is 17.0 Å². The Balaban J connectivity index is 2.13. The Morgan fingerprint density at radius 1 is 1.29 bits per heavy atom. The highest BCUT2D eigenvalue weighted by Crippen LogP contribution is 2.16. The molecule has 0 N–H and O–H groups in total. The summed E-state index contributed by atoms with van der Waals surface area (Å²) in [6.07, 6.45) is 3.29. The third-order valence-corrected chi connectivity index (χ3v) is 3.99. The van der Waals surface area contributed by atoms with Crippen LogP contribution in [-0.2, 0) is 9.53 Å². The minimum Gasteiger partial charge on any atom is -0.467 e. The van der Waals surface area contributed by atoms with Gasteiger partial charge in [-0.25, -0.2) is 14.5 Å². The summed E-state index contributed by atoms with van der Waals surface area (Å²) >= 11 is 0. The van der Waals surface area contributed by atoms with Crippen LogP contribution in [0.4, 0.5) is 0 Å². The molecule has 2 aromatic heterocycles. The SMILES string of the molecule is CC[C@@H](C(=O)OC)n1cnc2c(cnn2-c2ccc(C)cc2)c1=O. The van der Waals surface area contributed by atoms with Crippen molar-refractivity contribution in [3.63, 3.8) is 0 Å². The van der Waals surface area contributed by atoms with Gasteiger partial charge in [0.2, 0.25) is 0 Å². The van der Waals surface area contributed by atoms with Gasteiger partial charge in [0.25, 0.3) is 5.56 Å². The van der Waals surface area contributed by atoms with E-state index in [1.54, 1.807) is 4.68 Å². The molecule has 3 aromatic rings. The monoisotopic (exact) mass is 326 g/mol. The average Bonchev–Trinajstić information content (AvgIpc) is 3.02. The van der Waals surface area contributed by atoms with E-state index in [1.165, 1.54) is 24.2 Å². The van der Waals surface area contributed by atoms with Gasteiger partial charge in [0.15, 0.2) is 5.65 Å². The molecule has 3 rings (SSSR count). The first-order valence-electron chi connectivity index (χ1n) is 7.66. The number of aryl methyl sites for hydroxylation is 1. The number of aromatic nitrogens is 4. The predicted molar refractivity (Wildman–Crippen MR) is 89.2 cm³/mol. The second-order valence-electron chi connectivity index (χ2n) is 5.53. The zero-order valence-electron chi connectivity index (χ0n) is 13.8. The maximum Gasteiger partial charge on any atom is 0.329 e. The lowest BCUT2D eigenvalue weighted by Crippen LogP contribution is -2.30. The summed E-state index contributed by atoms with van der Waals surface area (Å²) in [5.74, 6) is -0.466. The van der Waals surface area contributed by atoms with Crippen molar-refractivity contribution in [3.8, 4) is 5.69 Å². The second-order valence-corrected chi connectivity index (χ2v) is 5.53. The molecule has 0 unspecified atom stereocenters. The summed E-state index contributed by atoms with van der Waals surface area (Å²) in [5, 5.41) is 4.63. The smallest absolute Gasteiger partial charge is 0.329 e. The van der Waals surface area contributed by atoms with Gasteiger partial charge < -0.3 is 4.74 Å². The van der Waals surface area contributed by atoms with Gasteiger partial charge in [-0.2, -0.15) is 5.10 Å². The summed E-state index contributed by atoms with van der Waals surface area (Å²) in [5.41, 5.74) is 2.10. The number of fused-ring (bicyclic) bond motifs is 1. The topological polar surface area (TPSA) is 79.0 Å². The molecule has 0 aliphatic carbocycles. The van der Waals surface area contributed by atoms with Crippen molar-refractivity contribution in [1.29, 1.82) is 0 Å². The molecule has 2 heterocycles. The third kappa shape index (κ3) is 2.58. The Morgan fingerprint density at radius 3 is 2.62 bits per heavy atom. The van der Waals surface area contributed by atoms with Gasteiger partial charge >= 0.3 is 5.97 Å². The first kappa shape index (κ1) is 15.9. The molecule has 0 spiro atoms. The van der Waals surface area contributed by atoms with Crippen molar-refractivity contribution < 1.29 is 9.53 Å². The molecule has 7 heteroatoms. The number of hydrogen-bond acceptors (Lipinski definition) is 5. The van der Waals surface area contributed by atoms with Crippen molar-refractivity contribution in [3.05, 3.63) is 52.7 Å². The minimum atomic E-state index is -0.692. The summed E-state index contributed by atoms with van der Waals surface area (Å²) in [4.78, 5) is 28.9. The van der Waals surface area contributed by atoms with Gasteiger partial charge in [0, 0.05) is 0 Å². The summed E-state index contributed by atoms with van der Waals surface area (Å²) in [6, 6.07) is 7.07. The van der Waals surface area contributed by atoms with E-state index in [2.05, 4.69) is 10.1 Å². The summed E-state index contributed by atoms with van der Waals surface area (Å²) in [6.45, 7) is 3.81. The van der Waals surface area contributed by atoms with Gasteiger partial charge in [0.1, 0.15) is 17.8 Å². The molecule has 0 aliphatic heterocycles. The van der Waals surface area contributed by atoms with E-state index in [0.29, 0.717) is 17.5 Å². The van der Waals surface area contributed by atoms with Crippen LogP contribution >= 0.6 is 0 Å². The Hall–Kier alpha value is -2.96. The Kier molecular flexibility index (Phi) is 4.16. The van der Waals surface area contributed by atoms with Crippen LogP contribution in [-0.4, -0.2) is 32.4 Å². The van der Waals surface area contributed by atoms with Gasteiger partial charge in [-0.1, -0.05) is 24.6 Å². The number of carbonyl (C=O) groups is 1. The molecule has 124 valence electrons. The first-order chi connectivity index (χ1) is 11.6. The average molecular weight is 326 g/mol. The number of esters is 1. The maximum absolute atomic E-state index is 12.7. The van der Waals surface area contributed by atoms with Crippen LogP contribution in [0, 0.1) is 6.92 Å². The fraction of sp³-hybridized carbons (Fsp3) is 0.294. The van der Waals surface area contributed by atoms with Crippen LogP contribution in [0.2, 0.25) is 0 Å². The molecule has 7 nitrogen and oxygen atoms in total. The van der Waals surface area contributed by atoms with Crippen LogP contribution in [0.5, 0.6) is 0 Å². The normalized spacial score (nSPS) is 12.3. The fourth-order valence-electron chi connectivity index (χ4n) is 2.64. The summed E-state index contributed by atoms with van der Waals surface area (Å²) < 4.78 is 7.67. The van der Waals surface area contributed by atoms with Crippen molar-refractivity contribution in [2.24, 2.45) is 0 Å². The highest BCUT2D eigenvalue weighted by molar-refractivity contribution is 5.77. The Bertz CT molecular complexity index is 941. The molecule has 0 aliphatic rings. The van der Waals surface area contributed by atoms with Gasteiger partial charge in [-0.3, -0.25) is 9.36 Å². The van der Waals surface area contributed by atoms with E-state index in [-0.39, 0.29) is 5.56 Å². The third-order valence-electron chi connectivity index (χ3n) is 3.99. The van der Waals surface area contributed by atoms with Crippen LogP contribution in [0.25, 0.3) is 16.7 Å². The highest BCUT2D eigenvalue weighted by atomic mass is 16.5. The van der Waals surface area contributed by atoms with Crippen molar-refractivity contribution in [2.45, 2.75) is 26.3 Å². The molecular formula is C17H18N4O3.